The molecule has 0 amide bonds. The van der Waals surface area contributed by atoms with Gasteiger partial charge in [0.1, 0.15) is 23.7 Å². The summed E-state index contributed by atoms with van der Waals surface area (Å²) in [4.78, 5) is 26.6. The number of fused-ring (bicyclic) bond motifs is 1. The molecule has 0 aromatic heterocycles. The summed E-state index contributed by atoms with van der Waals surface area (Å²) >= 11 is 6.16. The Morgan fingerprint density at radius 2 is 1.94 bits per heavy atom. The number of benzene rings is 2. The lowest BCUT2D eigenvalue weighted by Crippen LogP contribution is -2.71. The zero-order valence-corrected chi connectivity index (χ0v) is 27.7. The van der Waals surface area contributed by atoms with Gasteiger partial charge in [-0.2, -0.15) is 0 Å². The van der Waals surface area contributed by atoms with E-state index in [0.29, 0.717) is 23.3 Å². The first-order chi connectivity index (χ1) is 22.3. The first-order valence-electron chi connectivity index (χ1n) is 15.7. The summed E-state index contributed by atoms with van der Waals surface area (Å²) in [6, 6.07) is 12.5. The van der Waals surface area contributed by atoms with E-state index in [1.165, 1.54) is 19.2 Å². The molecule has 1 unspecified atom stereocenters. The molecule has 4 aliphatic rings. The number of nitrogens with two attached hydrogens (primary N) is 1. The number of ether oxygens (including phenoxy) is 6. The molecule has 6 rings (SSSR count). The molecule has 7 atom stereocenters. The molecule has 0 radical (unpaired) electrons. The van der Waals surface area contributed by atoms with Crippen molar-refractivity contribution in [3.8, 4) is 11.5 Å². The van der Waals surface area contributed by atoms with Gasteiger partial charge < -0.3 is 39.3 Å². The smallest absolute Gasteiger partial charge is 0.494 e. The van der Waals surface area contributed by atoms with E-state index < -0.39 is 47.1 Å². The van der Waals surface area contributed by atoms with Crippen LogP contribution in [0.1, 0.15) is 45.6 Å². The third kappa shape index (κ3) is 5.82. The van der Waals surface area contributed by atoms with Crippen molar-refractivity contribution in [3.63, 3.8) is 0 Å². The minimum atomic E-state index is -1.86. The van der Waals surface area contributed by atoms with Crippen LogP contribution in [-0.4, -0.2) is 54.0 Å². The van der Waals surface area contributed by atoms with E-state index in [2.05, 4.69) is 13.5 Å². The van der Waals surface area contributed by atoms with Crippen molar-refractivity contribution in [2.24, 2.45) is 17.8 Å². The molecule has 250 valence electrons. The Morgan fingerprint density at radius 1 is 1.19 bits per heavy atom. The Morgan fingerprint density at radius 3 is 2.64 bits per heavy atom. The number of carbonyl (C=O) groups excluding carboxylic acids is 2. The van der Waals surface area contributed by atoms with E-state index in [0.717, 1.165) is 12.0 Å². The lowest BCUT2D eigenvalue weighted by atomic mass is 9.59. The highest BCUT2D eigenvalue weighted by atomic mass is 35.5. The summed E-state index contributed by atoms with van der Waals surface area (Å²) in [6.07, 6.45) is 3.96. The van der Waals surface area contributed by atoms with Crippen molar-refractivity contribution in [1.82, 2.24) is 0 Å². The molecule has 2 aromatic rings. The maximum atomic E-state index is 13.8. The molecule has 1 aliphatic heterocycles. The summed E-state index contributed by atoms with van der Waals surface area (Å²) in [5, 5.41) is 12.5. The van der Waals surface area contributed by atoms with E-state index in [9.17, 15) is 14.7 Å². The monoisotopic (exact) mass is 665 g/mol. The van der Waals surface area contributed by atoms with Crippen molar-refractivity contribution in [2.45, 2.75) is 69.7 Å². The highest BCUT2D eigenvalue weighted by Gasteiger charge is 2.70. The number of carbonyl (C=O) groups is 2. The fraction of sp³-hybridized carbons (Fsp3) is 0.444. The van der Waals surface area contributed by atoms with Crippen LogP contribution in [0, 0.1) is 17.8 Å². The van der Waals surface area contributed by atoms with Crippen LogP contribution in [0.4, 0.5) is 10.5 Å². The second-order valence-electron chi connectivity index (χ2n) is 13.0. The van der Waals surface area contributed by atoms with Gasteiger partial charge in [-0.05, 0) is 49.3 Å². The summed E-state index contributed by atoms with van der Waals surface area (Å²) < 4.78 is 36.3. The molecule has 2 bridgehead atoms. The molecular formula is C36H40ClNO9. The van der Waals surface area contributed by atoms with E-state index in [1.54, 1.807) is 13.8 Å². The summed E-state index contributed by atoms with van der Waals surface area (Å²) in [5.74, 6) is -2.49. The van der Waals surface area contributed by atoms with Crippen LogP contribution in [0.5, 0.6) is 11.5 Å². The Kier molecular flexibility index (Phi) is 8.67. The molecule has 2 fully saturated rings. The average molecular weight is 666 g/mol. The van der Waals surface area contributed by atoms with Gasteiger partial charge >= 0.3 is 12.1 Å². The van der Waals surface area contributed by atoms with Crippen molar-refractivity contribution >= 4 is 29.2 Å². The van der Waals surface area contributed by atoms with Crippen molar-refractivity contribution in [2.75, 3.05) is 19.5 Å². The number of hydrogen-bond acceptors (Lipinski definition) is 10. The van der Waals surface area contributed by atoms with Crippen LogP contribution in [0.2, 0.25) is 5.02 Å². The number of anilines is 1. The molecule has 0 spiro atoms. The van der Waals surface area contributed by atoms with E-state index in [-0.39, 0.29) is 47.6 Å². The van der Waals surface area contributed by atoms with Gasteiger partial charge in [0.15, 0.2) is 5.78 Å². The second-order valence-corrected chi connectivity index (χ2v) is 13.4. The first kappa shape index (κ1) is 33.1. The van der Waals surface area contributed by atoms with Crippen LogP contribution in [0.15, 0.2) is 78.1 Å². The molecule has 1 saturated carbocycles. The lowest BCUT2D eigenvalue weighted by molar-refractivity contribution is -0.474. The molecular weight excluding hydrogens is 626 g/mol. The fourth-order valence-electron chi connectivity index (χ4n) is 7.82. The summed E-state index contributed by atoms with van der Waals surface area (Å²) in [7, 11) is 1.42. The number of aliphatic hydroxyl groups is 1. The van der Waals surface area contributed by atoms with Crippen molar-refractivity contribution in [3.05, 3.63) is 88.7 Å². The van der Waals surface area contributed by atoms with E-state index in [1.807, 2.05) is 42.5 Å². The Labute approximate surface area is 279 Å². The quantitative estimate of drug-likeness (QED) is 0.109. The third-order valence-electron chi connectivity index (χ3n) is 9.77. The standard InChI is InChI=1S/C36H40ClNO9/c1-20(2)45-35(18-23-9-7-6-8-10-23)46-28-12-11-22(4)36(47-35)26(28)14-24(17-34(41)30(36)13-21(3)32(34)39)19-43-33(40)44-25-15-27(37)31(38)29(16-25)42-5/h6-10,13-16,22,26,28,30,41H,1,11-12,17-19,38H2,2-5H3/t22-,26+,28?,30-,34-,35-,36-/m1/s1. The number of allylic oxidation sites excluding steroid dienone is 1. The number of nitrogen functional groups attached to an aromatic ring is 1. The molecule has 2 aromatic carbocycles. The van der Waals surface area contributed by atoms with Gasteiger partial charge in [-0.25, -0.2) is 4.79 Å². The lowest BCUT2D eigenvalue weighted by Gasteiger charge is -2.61. The fourth-order valence-corrected chi connectivity index (χ4v) is 8.02. The minimum absolute atomic E-state index is 0.0762. The van der Waals surface area contributed by atoms with Gasteiger partial charge in [0.05, 0.1) is 41.7 Å². The van der Waals surface area contributed by atoms with Crippen LogP contribution in [-0.2, 0) is 30.2 Å². The number of halogens is 1. The topological polar surface area (TPSA) is 136 Å². The first-order valence-corrected chi connectivity index (χ1v) is 16.1. The zero-order chi connectivity index (χ0) is 33.7. The van der Waals surface area contributed by atoms with Crippen molar-refractivity contribution in [1.29, 1.82) is 0 Å². The van der Waals surface area contributed by atoms with E-state index in [4.69, 9.17) is 45.8 Å². The predicted molar refractivity (Wildman–Crippen MR) is 174 cm³/mol. The Hall–Kier alpha value is -3.83. The molecule has 1 saturated heterocycles. The summed E-state index contributed by atoms with van der Waals surface area (Å²) in [6.45, 7) is 9.25. The molecule has 47 heavy (non-hydrogen) atoms. The average Bonchev–Trinajstić information content (AvgIpc) is 3.17. The molecule has 3 aliphatic carbocycles. The maximum absolute atomic E-state index is 13.8. The van der Waals surface area contributed by atoms with E-state index >= 15 is 0 Å². The van der Waals surface area contributed by atoms with Crippen LogP contribution >= 0.6 is 11.6 Å². The van der Waals surface area contributed by atoms with Crippen LogP contribution < -0.4 is 15.2 Å². The van der Waals surface area contributed by atoms with Gasteiger partial charge in [0.2, 0.25) is 0 Å². The highest BCUT2D eigenvalue weighted by molar-refractivity contribution is 6.33. The van der Waals surface area contributed by atoms with Gasteiger partial charge in [-0.1, -0.05) is 67.6 Å². The van der Waals surface area contributed by atoms with Gasteiger partial charge in [0.25, 0.3) is 0 Å². The van der Waals surface area contributed by atoms with Gasteiger partial charge in [-0.3, -0.25) is 4.79 Å². The van der Waals surface area contributed by atoms with Crippen LogP contribution in [0.25, 0.3) is 0 Å². The van der Waals surface area contributed by atoms with Crippen LogP contribution in [0.3, 0.4) is 0 Å². The number of rotatable bonds is 8. The highest BCUT2D eigenvalue weighted by Crippen LogP contribution is 2.61. The normalized spacial score (nSPS) is 32.6. The Balaban J connectivity index is 1.36. The number of Topliss-reactive ketones (excluding diaryl/α,β-unsaturated/α-hetero) is 1. The Bertz CT molecular complexity index is 1660. The van der Waals surface area contributed by atoms with Gasteiger partial charge in [-0.15, -0.1) is 0 Å². The minimum Gasteiger partial charge on any atom is -0.494 e. The number of methoxy groups -OCH3 is 1. The SMILES string of the molecule is C=C(C)O[C@]1(Cc2ccccc2)OC2CC[C@@H](C)[C@@]3(O1)[C@H]2C=C(COC(=O)Oc1cc(Cl)c(N)c(OC)c1)C[C@]1(O)C(=O)C(C)=C[C@@H]31. The van der Waals surface area contributed by atoms with Gasteiger partial charge in [0, 0.05) is 30.4 Å². The largest absolute Gasteiger partial charge is 0.514 e. The molecule has 11 heteroatoms. The number of hydrogen-bond donors (Lipinski definition) is 2. The summed E-state index contributed by atoms with van der Waals surface area (Å²) in [5.41, 5.74) is 5.05. The molecule has 1 heterocycles. The molecule has 10 nitrogen and oxygen atoms in total. The predicted octanol–water partition coefficient (Wildman–Crippen LogP) is 6.30. The second kappa shape index (κ2) is 12.3. The zero-order valence-electron chi connectivity index (χ0n) is 26.9. The number of ketones is 1. The maximum Gasteiger partial charge on any atom is 0.514 e. The van der Waals surface area contributed by atoms with Crippen molar-refractivity contribution < 1.29 is 43.1 Å². The molecule has 3 N–H and O–H groups in total. The third-order valence-corrected chi connectivity index (χ3v) is 10.1.